The third-order valence-corrected chi connectivity index (χ3v) is 3.62. The molecule has 0 fully saturated rings. The molecule has 132 valence electrons. The van der Waals surface area contributed by atoms with Crippen LogP contribution in [0.2, 0.25) is 0 Å². The summed E-state index contributed by atoms with van der Waals surface area (Å²) in [5.41, 5.74) is 2.71. The van der Waals surface area contributed by atoms with Crippen LogP contribution < -0.4 is 20.1 Å². The first-order valence-corrected chi connectivity index (χ1v) is 7.90. The van der Waals surface area contributed by atoms with Crippen molar-refractivity contribution < 1.29 is 19.1 Å². The average molecular weight is 342 g/mol. The lowest BCUT2D eigenvalue weighted by Crippen LogP contribution is -2.36. The van der Waals surface area contributed by atoms with Gasteiger partial charge in [-0.1, -0.05) is 30.3 Å². The molecule has 2 aromatic carbocycles. The molecule has 2 rings (SSSR count). The minimum absolute atomic E-state index is 0.123. The largest absolute Gasteiger partial charge is 0.493 e. The van der Waals surface area contributed by atoms with Gasteiger partial charge in [0.05, 0.1) is 13.7 Å². The lowest BCUT2D eigenvalue weighted by Gasteiger charge is -2.12. The molecule has 0 aliphatic heterocycles. The van der Waals surface area contributed by atoms with Gasteiger partial charge >= 0.3 is 0 Å². The third kappa shape index (κ3) is 5.24. The van der Waals surface area contributed by atoms with Crippen molar-refractivity contribution in [3.05, 3.63) is 53.6 Å². The summed E-state index contributed by atoms with van der Waals surface area (Å²) in [6.45, 7) is 3.52. The molecule has 0 spiro atoms. The highest BCUT2D eigenvalue weighted by atomic mass is 16.5. The minimum Gasteiger partial charge on any atom is -0.493 e. The molecule has 0 aliphatic carbocycles. The summed E-state index contributed by atoms with van der Waals surface area (Å²) in [5, 5.41) is 5.34. The topological polar surface area (TPSA) is 76.7 Å². The predicted octanol–water partition coefficient (Wildman–Crippen LogP) is 2.45. The van der Waals surface area contributed by atoms with Crippen molar-refractivity contribution in [1.82, 2.24) is 5.32 Å². The number of anilines is 1. The van der Waals surface area contributed by atoms with Gasteiger partial charge in [0.15, 0.2) is 18.1 Å². The van der Waals surface area contributed by atoms with Gasteiger partial charge in [0.25, 0.3) is 5.91 Å². The van der Waals surface area contributed by atoms with Crippen molar-refractivity contribution in [2.24, 2.45) is 0 Å². The van der Waals surface area contributed by atoms with E-state index >= 15 is 0 Å². The Labute approximate surface area is 147 Å². The highest BCUT2D eigenvalue weighted by molar-refractivity contribution is 5.95. The number of carbonyl (C=O) groups is 2. The van der Waals surface area contributed by atoms with Crippen LogP contribution in [0.5, 0.6) is 11.5 Å². The van der Waals surface area contributed by atoms with Crippen LogP contribution in [0.15, 0.2) is 42.5 Å². The van der Waals surface area contributed by atoms with Crippen molar-refractivity contribution in [2.75, 3.05) is 25.6 Å². The summed E-state index contributed by atoms with van der Waals surface area (Å²) >= 11 is 0. The van der Waals surface area contributed by atoms with E-state index in [1.54, 1.807) is 18.2 Å². The van der Waals surface area contributed by atoms with Crippen molar-refractivity contribution >= 4 is 17.5 Å². The zero-order chi connectivity index (χ0) is 18.2. The summed E-state index contributed by atoms with van der Waals surface area (Å²) in [6.07, 6.45) is 0. The van der Waals surface area contributed by atoms with Crippen LogP contribution in [0.3, 0.4) is 0 Å². The summed E-state index contributed by atoms with van der Waals surface area (Å²) in [4.78, 5) is 23.9. The molecule has 0 atom stereocenters. The molecule has 2 amide bonds. The van der Waals surface area contributed by atoms with Gasteiger partial charge < -0.3 is 20.1 Å². The number of nitrogens with one attached hydrogen (secondary N) is 2. The Morgan fingerprint density at radius 2 is 1.56 bits per heavy atom. The number of ether oxygens (including phenoxy) is 2. The number of hydrogen-bond acceptors (Lipinski definition) is 4. The number of para-hydroxylation sites is 3. The number of benzene rings is 2. The minimum atomic E-state index is -0.387. The molecule has 0 saturated carbocycles. The third-order valence-electron chi connectivity index (χ3n) is 3.62. The highest BCUT2D eigenvalue weighted by Crippen LogP contribution is 2.25. The molecule has 6 nitrogen and oxygen atoms in total. The first kappa shape index (κ1) is 18.3. The van der Waals surface area contributed by atoms with Gasteiger partial charge in [-0.2, -0.15) is 0 Å². The lowest BCUT2D eigenvalue weighted by molar-refractivity contribution is -0.125. The first-order chi connectivity index (χ1) is 12.0. The van der Waals surface area contributed by atoms with Gasteiger partial charge in [-0.25, -0.2) is 0 Å². The summed E-state index contributed by atoms with van der Waals surface area (Å²) in [7, 11) is 1.53. The second kappa shape index (κ2) is 8.73. The number of amides is 2. The average Bonchev–Trinajstić information content (AvgIpc) is 2.61. The van der Waals surface area contributed by atoms with Gasteiger partial charge in [0.2, 0.25) is 5.91 Å². The van der Waals surface area contributed by atoms with E-state index in [0.29, 0.717) is 11.5 Å². The van der Waals surface area contributed by atoms with Crippen LogP contribution in [0.25, 0.3) is 0 Å². The Morgan fingerprint density at radius 1 is 0.920 bits per heavy atom. The Balaban J connectivity index is 1.80. The maximum absolute atomic E-state index is 12.0. The van der Waals surface area contributed by atoms with E-state index in [1.807, 2.05) is 38.1 Å². The second-order valence-corrected chi connectivity index (χ2v) is 5.53. The Bertz CT molecular complexity index is 739. The standard InChI is InChI=1S/C19H22N2O4/c1-13-7-6-8-14(2)19(13)21-17(22)11-20-18(23)12-25-16-10-5-4-9-15(16)24-3/h4-10H,11-12H2,1-3H3,(H,20,23)(H,21,22). The molecule has 2 N–H and O–H groups in total. The molecule has 0 bridgehead atoms. The lowest BCUT2D eigenvalue weighted by atomic mass is 10.1. The van der Waals surface area contributed by atoms with Gasteiger partial charge in [0.1, 0.15) is 0 Å². The van der Waals surface area contributed by atoms with Crippen LogP contribution >= 0.6 is 0 Å². The molecular formula is C19H22N2O4. The molecule has 0 aromatic heterocycles. The van der Waals surface area contributed by atoms with E-state index < -0.39 is 0 Å². The van der Waals surface area contributed by atoms with Crippen molar-refractivity contribution in [1.29, 1.82) is 0 Å². The number of hydrogen-bond donors (Lipinski definition) is 2. The van der Waals surface area contributed by atoms with Crippen LogP contribution in [-0.2, 0) is 9.59 Å². The van der Waals surface area contributed by atoms with E-state index in [0.717, 1.165) is 16.8 Å². The maximum Gasteiger partial charge on any atom is 0.258 e. The zero-order valence-electron chi connectivity index (χ0n) is 14.6. The van der Waals surface area contributed by atoms with Crippen LogP contribution in [0, 0.1) is 13.8 Å². The number of carbonyl (C=O) groups excluding carboxylic acids is 2. The Kier molecular flexibility index (Phi) is 6.39. The maximum atomic E-state index is 12.0. The highest BCUT2D eigenvalue weighted by Gasteiger charge is 2.10. The molecule has 0 aliphatic rings. The first-order valence-electron chi connectivity index (χ1n) is 7.90. The molecule has 25 heavy (non-hydrogen) atoms. The van der Waals surface area contributed by atoms with Crippen LogP contribution in [0.1, 0.15) is 11.1 Å². The normalized spacial score (nSPS) is 10.0. The Hall–Kier alpha value is -3.02. The van der Waals surface area contributed by atoms with Crippen molar-refractivity contribution in [3.8, 4) is 11.5 Å². The van der Waals surface area contributed by atoms with Gasteiger partial charge in [0, 0.05) is 5.69 Å². The number of methoxy groups -OCH3 is 1. The Morgan fingerprint density at radius 3 is 2.20 bits per heavy atom. The van der Waals surface area contributed by atoms with Gasteiger partial charge in [-0.05, 0) is 37.1 Å². The van der Waals surface area contributed by atoms with Crippen molar-refractivity contribution in [2.45, 2.75) is 13.8 Å². The van der Waals surface area contributed by atoms with E-state index in [1.165, 1.54) is 7.11 Å². The summed E-state index contributed by atoms with van der Waals surface area (Å²) in [5.74, 6) is 0.341. The molecule has 0 unspecified atom stereocenters. The fraction of sp³-hybridized carbons (Fsp3) is 0.263. The smallest absolute Gasteiger partial charge is 0.258 e. The SMILES string of the molecule is COc1ccccc1OCC(=O)NCC(=O)Nc1c(C)cccc1C. The molecule has 0 heterocycles. The monoisotopic (exact) mass is 342 g/mol. The van der Waals surface area contributed by atoms with E-state index in [-0.39, 0.29) is 25.0 Å². The number of rotatable bonds is 7. The predicted molar refractivity (Wildman–Crippen MR) is 96.0 cm³/mol. The van der Waals surface area contributed by atoms with E-state index in [9.17, 15) is 9.59 Å². The fourth-order valence-corrected chi connectivity index (χ4v) is 2.31. The van der Waals surface area contributed by atoms with Gasteiger partial charge in [-0.15, -0.1) is 0 Å². The molecule has 6 heteroatoms. The molecule has 0 saturated heterocycles. The van der Waals surface area contributed by atoms with Crippen molar-refractivity contribution in [3.63, 3.8) is 0 Å². The quantitative estimate of drug-likeness (QED) is 0.810. The molecular weight excluding hydrogens is 320 g/mol. The van der Waals surface area contributed by atoms with E-state index in [4.69, 9.17) is 9.47 Å². The van der Waals surface area contributed by atoms with E-state index in [2.05, 4.69) is 10.6 Å². The molecule has 0 radical (unpaired) electrons. The number of aryl methyl sites for hydroxylation is 2. The van der Waals surface area contributed by atoms with Gasteiger partial charge in [-0.3, -0.25) is 9.59 Å². The summed E-state index contributed by atoms with van der Waals surface area (Å²) < 4.78 is 10.6. The fourth-order valence-electron chi connectivity index (χ4n) is 2.31. The zero-order valence-corrected chi connectivity index (χ0v) is 14.6. The second-order valence-electron chi connectivity index (χ2n) is 5.53. The van der Waals surface area contributed by atoms with Crippen LogP contribution in [0.4, 0.5) is 5.69 Å². The molecule has 2 aromatic rings. The summed E-state index contributed by atoms with van der Waals surface area (Å²) in [6, 6.07) is 12.8. The van der Waals surface area contributed by atoms with Crippen LogP contribution in [-0.4, -0.2) is 32.1 Å².